The number of halogens is 3. The molecule has 0 aliphatic carbocycles. The van der Waals surface area contributed by atoms with Crippen LogP contribution in [0.1, 0.15) is 15.9 Å². The molecule has 0 fully saturated rings. The first kappa shape index (κ1) is 15.0. The van der Waals surface area contributed by atoms with Crippen molar-refractivity contribution in [3.63, 3.8) is 0 Å². The van der Waals surface area contributed by atoms with Gasteiger partial charge >= 0.3 is 5.97 Å². The van der Waals surface area contributed by atoms with Crippen molar-refractivity contribution in [3.8, 4) is 0 Å². The van der Waals surface area contributed by atoms with Crippen LogP contribution in [0, 0.1) is 24.4 Å². The van der Waals surface area contributed by atoms with Crippen molar-refractivity contribution < 1.29 is 28.2 Å². The second-order valence-corrected chi connectivity index (χ2v) is 4.38. The highest BCUT2D eigenvalue weighted by atomic mass is 19.2. The topological polar surface area (TPSA) is 79.5 Å². The minimum absolute atomic E-state index is 0.279. The number of benzene rings is 1. The molecule has 0 unspecified atom stereocenters. The van der Waals surface area contributed by atoms with E-state index in [9.17, 15) is 22.8 Å². The van der Waals surface area contributed by atoms with Gasteiger partial charge in [-0.05, 0) is 6.92 Å². The number of aromatic carboxylic acids is 1. The lowest BCUT2D eigenvalue weighted by molar-refractivity contribution is 0.0694. The monoisotopic (exact) mass is 301 g/mol. The van der Waals surface area contributed by atoms with E-state index in [1.807, 2.05) is 0 Å². The Morgan fingerprint density at radius 3 is 2.38 bits per heavy atom. The fraction of sp³-hybridized carbons (Fsp3) is 0.231. The number of carboxylic acids is 1. The molecule has 1 aromatic heterocycles. The molecule has 0 radical (unpaired) electrons. The number of carbonyl (C=O) groups is 1. The number of aromatic nitrogens is 1. The molecular formula is C13H10F3NO4. The number of rotatable bonds is 3. The third-order valence-corrected chi connectivity index (χ3v) is 3.15. The van der Waals surface area contributed by atoms with E-state index in [4.69, 9.17) is 10.2 Å². The van der Waals surface area contributed by atoms with Gasteiger partial charge in [0, 0.05) is 18.3 Å². The van der Waals surface area contributed by atoms with Crippen LogP contribution in [-0.2, 0) is 6.54 Å². The normalized spacial score (nSPS) is 11.1. The number of aryl methyl sites for hydroxylation is 1. The lowest BCUT2D eigenvalue weighted by Gasteiger charge is -2.14. The van der Waals surface area contributed by atoms with Gasteiger partial charge in [0.2, 0.25) is 5.43 Å². The number of hydrogen-bond donors (Lipinski definition) is 2. The first-order valence-electron chi connectivity index (χ1n) is 5.85. The highest BCUT2D eigenvalue weighted by Crippen LogP contribution is 2.25. The van der Waals surface area contributed by atoms with Crippen LogP contribution >= 0.6 is 0 Å². The van der Waals surface area contributed by atoms with Crippen LogP contribution in [0.25, 0.3) is 10.9 Å². The molecule has 112 valence electrons. The largest absolute Gasteiger partial charge is 0.477 e. The second-order valence-electron chi connectivity index (χ2n) is 4.38. The maximum absolute atomic E-state index is 13.9. The van der Waals surface area contributed by atoms with Crippen molar-refractivity contribution in [3.05, 3.63) is 45.0 Å². The predicted molar refractivity (Wildman–Crippen MR) is 66.9 cm³/mol. The van der Waals surface area contributed by atoms with Gasteiger partial charge in [-0.3, -0.25) is 4.79 Å². The van der Waals surface area contributed by atoms with Crippen LogP contribution in [0.3, 0.4) is 0 Å². The van der Waals surface area contributed by atoms with Gasteiger partial charge in [0.25, 0.3) is 0 Å². The zero-order chi connectivity index (χ0) is 15.9. The van der Waals surface area contributed by atoms with Gasteiger partial charge in [-0.1, -0.05) is 0 Å². The maximum atomic E-state index is 13.9. The number of aliphatic hydroxyl groups excluding tert-OH is 1. The Kier molecular flexibility index (Phi) is 3.73. The highest BCUT2D eigenvalue weighted by molar-refractivity contribution is 5.93. The number of hydrogen-bond acceptors (Lipinski definition) is 3. The molecule has 0 aliphatic heterocycles. The van der Waals surface area contributed by atoms with Gasteiger partial charge in [-0.2, -0.15) is 0 Å². The van der Waals surface area contributed by atoms with E-state index in [0.29, 0.717) is 0 Å². The van der Waals surface area contributed by atoms with Crippen LogP contribution in [0.5, 0.6) is 0 Å². The summed E-state index contributed by atoms with van der Waals surface area (Å²) in [6.45, 7) is 0.267. The first-order valence-corrected chi connectivity index (χ1v) is 5.85. The third kappa shape index (κ3) is 2.17. The molecule has 0 atom stereocenters. The van der Waals surface area contributed by atoms with Crippen LogP contribution < -0.4 is 5.43 Å². The van der Waals surface area contributed by atoms with E-state index < -0.39 is 57.5 Å². The van der Waals surface area contributed by atoms with Crippen LogP contribution in [-0.4, -0.2) is 27.4 Å². The molecular weight excluding hydrogens is 291 g/mol. The number of pyridine rings is 1. The van der Waals surface area contributed by atoms with E-state index in [1.54, 1.807) is 0 Å². The Labute approximate surface area is 115 Å². The van der Waals surface area contributed by atoms with Crippen LogP contribution in [0.2, 0.25) is 0 Å². The first-order chi connectivity index (χ1) is 9.81. The summed E-state index contributed by atoms with van der Waals surface area (Å²) in [6.07, 6.45) is 0.795. The van der Waals surface area contributed by atoms with Crippen molar-refractivity contribution in [1.29, 1.82) is 0 Å². The number of aliphatic hydroxyl groups is 1. The molecule has 0 bridgehead atoms. The average molecular weight is 301 g/mol. The van der Waals surface area contributed by atoms with Gasteiger partial charge in [-0.25, -0.2) is 18.0 Å². The Hall–Kier alpha value is -2.35. The average Bonchev–Trinajstić information content (AvgIpc) is 2.43. The SMILES string of the molecule is Cc1c(F)c(F)c(F)c2c1c(=O)c(C(=O)O)cn2CCO. The molecule has 0 aliphatic rings. The van der Waals surface area contributed by atoms with Crippen molar-refractivity contribution in [2.75, 3.05) is 6.61 Å². The second kappa shape index (κ2) is 5.21. The minimum atomic E-state index is -1.76. The van der Waals surface area contributed by atoms with Crippen LogP contribution in [0.4, 0.5) is 13.2 Å². The smallest absolute Gasteiger partial charge is 0.341 e. The van der Waals surface area contributed by atoms with E-state index in [0.717, 1.165) is 17.7 Å². The summed E-state index contributed by atoms with van der Waals surface area (Å²) >= 11 is 0. The highest BCUT2D eigenvalue weighted by Gasteiger charge is 2.24. The summed E-state index contributed by atoms with van der Waals surface area (Å²) in [5.74, 6) is -6.49. The molecule has 8 heteroatoms. The third-order valence-electron chi connectivity index (χ3n) is 3.15. The number of nitrogens with zero attached hydrogens (tertiary/aromatic N) is 1. The molecule has 21 heavy (non-hydrogen) atoms. The summed E-state index contributed by atoms with van der Waals surface area (Å²) in [5, 5.41) is 17.3. The van der Waals surface area contributed by atoms with Crippen molar-refractivity contribution in [1.82, 2.24) is 4.57 Å². The molecule has 0 saturated carbocycles. The standard InChI is InChI=1S/C13H10F3NO4/c1-5-7-11(10(16)9(15)8(5)14)17(2-3-18)4-6(12(7)19)13(20)21/h4,18H,2-3H2,1H3,(H,20,21). The molecule has 0 spiro atoms. The fourth-order valence-electron chi connectivity index (χ4n) is 2.16. The molecule has 0 amide bonds. The molecule has 1 aromatic carbocycles. The summed E-state index contributed by atoms with van der Waals surface area (Å²) < 4.78 is 41.9. The predicted octanol–water partition coefficient (Wildman–Crippen LogP) is 1.42. The van der Waals surface area contributed by atoms with Crippen LogP contribution in [0.15, 0.2) is 11.0 Å². The van der Waals surface area contributed by atoms with Gasteiger partial charge in [0.05, 0.1) is 17.5 Å². The van der Waals surface area contributed by atoms with Gasteiger partial charge in [-0.15, -0.1) is 0 Å². The zero-order valence-electron chi connectivity index (χ0n) is 10.8. The molecule has 2 aromatic rings. The van der Waals surface area contributed by atoms with E-state index in [2.05, 4.69) is 0 Å². The Balaban J connectivity index is 3.12. The molecule has 2 rings (SSSR count). The minimum Gasteiger partial charge on any atom is -0.477 e. The lowest BCUT2D eigenvalue weighted by Crippen LogP contribution is -2.22. The summed E-state index contributed by atoms with van der Waals surface area (Å²) in [5.41, 5.74) is -2.88. The van der Waals surface area contributed by atoms with E-state index in [-0.39, 0.29) is 6.54 Å². The van der Waals surface area contributed by atoms with Gasteiger partial charge in [0.1, 0.15) is 5.56 Å². The van der Waals surface area contributed by atoms with Gasteiger partial charge < -0.3 is 14.8 Å². The zero-order valence-corrected chi connectivity index (χ0v) is 10.8. The van der Waals surface area contributed by atoms with E-state index in [1.165, 1.54) is 0 Å². The van der Waals surface area contributed by atoms with Crippen molar-refractivity contribution in [2.45, 2.75) is 13.5 Å². The number of fused-ring (bicyclic) bond motifs is 1. The van der Waals surface area contributed by atoms with Crippen molar-refractivity contribution >= 4 is 16.9 Å². The summed E-state index contributed by atoms with van der Waals surface area (Å²) in [4.78, 5) is 23.1. The maximum Gasteiger partial charge on any atom is 0.341 e. The summed E-state index contributed by atoms with van der Waals surface area (Å²) in [7, 11) is 0. The van der Waals surface area contributed by atoms with Crippen molar-refractivity contribution in [2.24, 2.45) is 0 Å². The molecule has 2 N–H and O–H groups in total. The Bertz CT molecular complexity index is 814. The Morgan fingerprint density at radius 2 is 1.86 bits per heavy atom. The Morgan fingerprint density at radius 1 is 1.24 bits per heavy atom. The van der Waals surface area contributed by atoms with Gasteiger partial charge in [0.15, 0.2) is 17.5 Å². The fourth-order valence-corrected chi connectivity index (χ4v) is 2.16. The molecule has 1 heterocycles. The molecule has 0 saturated heterocycles. The number of carboxylic acid groups (broad SMARTS) is 1. The van der Waals surface area contributed by atoms with E-state index >= 15 is 0 Å². The lowest BCUT2D eigenvalue weighted by atomic mass is 10.0. The molecule has 5 nitrogen and oxygen atoms in total. The quantitative estimate of drug-likeness (QED) is 0.840. The summed E-state index contributed by atoms with van der Waals surface area (Å²) in [6, 6.07) is 0.